The van der Waals surface area contributed by atoms with Crippen LogP contribution in [-0.2, 0) is 0 Å². The number of nitrogens with zero attached hydrogens (tertiary/aromatic N) is 2. The first-order valence-corrected chi connectivity index (χ1v) is 9.84. The molecule has 0 bridgehead atoms. The number of hydrogen-bond acceptors (Lipinski definition) is 6. The Hall–Kier alpha value is -2.83. The highest BCUT2D eigenvalue weighted by Gasteiger charge is 2.10. The summed E-state index contributed by atoms with van der Waals surface area (Å²) in [5.74, 6) is 0.277. The van der Waals surface area contributed by atoms with Gasteiger partial charge in [-0.1, -0.05) is 35.6 Å². The molecule has 0 amide bonds. The summed E-state index contributed by atoms with van der Waals surface area (Å²) in [6, 6.07) is 15.6. The van der Waals surface area contributed by atoms with Gasteiger partial charge in [-0.25, -0.2) is 4.98 Å². The van der Waals surface area contributed by atoms with Crippen molar-refractivity contribution < 1.29 is 5.11 Å². The third-order valence-corrected chi connectivity index (χ3v) is 5.31. The highest BCUT2D eigenvalue weighted by molar-refractivity contribution is 7.16. The maximum Gasteiger partial charge on any atom is 0.187 e. The number of phenols is 1. The van der Waals surface area contributed by atoms with Crippen LogP contribution < -0.4 is 15.5 Å². The van der Waals surface area contributed by atoms with Crippen LogP contribution in [0, 0.1) is 0 Å². The molecule has 1 saturated heterocycles. The van der Waals surface area contributed by atoms with Gasteiger partial charge in [0.25, 0.3) is 0 Å². The minimum Gasteiger partial charge on any atom is -0.508 e. The second-order valence-corrected chi connectivity index (χ2v) is 7.47. The lowest BCUT2D eigenvalue weighted by Gasteiger charge is -2.29. The van der Waals surface area contributed by atoms with Gasteiger partial charge in [0.1, 0.15) is 5.75 Å². The minimum absolute atomic E-state index is 0.277. The maximum absolute atomic E-state index is 9.34. The molecule has 4 rings (SSSR count). The molecule has 2 aromatic carbocycles. The number of rotatable bonds is 5. The molecule has 3 N–H and O–H groups in total. The summed E-state index contributed by atoms with van der Waals surface area (Å²) in [5, 5.41) is 17.0. The number of piperazine rings is 1. The molecule has 1 aromatic heterocycles. The van der Waals surface area contributed by atoms with Crippen LogP contribution in [0.2, 0.25) is 0 Å². The Labute approximate surface area is 163 Å². The van der Waals surface area contributed by atoms with Crippen molar-refractivity contribution in [2.24, 2.45) is 0 Å². The van der Waals surface area contributed by atoms with E-state index in [2.05, 4.69) is 44.8 Å². The molecule has 138 valence electrons. The molecule has 0 unspecified atom stereocenters. The summed E-state index contributed by atoms with van der Waals surface area (Å²) in [6.07, 6.45) is 5.91. The maximum atomic E-state index is 9.34. The first kappa shape index (κ1) is 17.6. The summed E-state index contributed by atoms with van der Waals surface area (Å²) < 4.78 is 0. The summed E-state index contributed by atoms with van der Waals surface area (Å²) in [5.41, 5.74) is 3.33. The summed E-state index contributed by atoms with van der Waals surface area (Å²) in [7, 11) is 0. The normalized spacial score (nSPS) is 14.6. The summed E-state index contributed by atoms with van der Waals surface area (Å²) in [4.78, 5) is 7.94. The number of phenolic OH excluding ortho intramolecular Hbond substituents is 1. The van der Waals surface area contributed by atoms with Crippen LogP contribution in [0.5, 0.6) is 5.75 Å². The molecule has 27 heavy (non-hydrogen) atoms. The molecule has 5 nitrogen and oxygen atoms in total. The summed E-state index contributed by atoms with van der Waals surface area (Å²) >= 11 is 1.61. The lowest BCUT2D eigenvalue weighted by atomic mass is 10.2. The molecule has 0 atom stereocenters. The third-order valence-electron chi connectivity index (χ3n) is 4.44. The predicted molar refractivity (Wildman–Crippen MR) is 114 cm³/mol. The van der Waals surface area contributed by atoms with Crippen LogP contribution in [0.1, 0.15) is 10.4 Å². The second-order valence-electron chi connectivity index (χ2n) is 6.41. The smallest absolute Gasteiger partial charge is 0.187 e. The SMILES string of the molecule is Oc1ccc(/C=C/c2cnc(Nc3cccc(N4CCNCC4)c3)s2)cc1. The quantitative estimate of drug-likeness (QED) is 0.622. The Morgan fingerprint density at radius 3 is 2.70 bits per heavy atom. The van der Waals surface area contributed by atoms with Gasteiger partial charge >= 0.3 is 0 Å². The molecule has 1 aliphatic rings. The van der Waals surface area contributed by atoms with E-state index in [0.717, 1.165) is 47.4 Å². The molecule has 0 aliphatic carbocycles. The van der Waals surface area contributed by atoms with Gasteiger partial charge in [0, 0.05) is 48.6 Å². The largest absolute Gasteiger partial charge is 0.508 e. The number of hydrogen-bond donors (Lipinski definition) is 3. The van der Waals surface area contributed by atoms with Crippen molar-refractivity contribution in [1.82, 2.24) is 10.3 Å². The van der Waals surface area contributed by atoms with E-state index in [-0.39, 0.29) is 5.75 Å². The average molecular weight is 379 g/mol. The standard InChI is InChI=1S/C21H22N4OS/c26-19-7-4-16(5-8-19)6-9-20-15-23-21(27-20)24-17-2-1-3-18(14-17)25-12-10-22-11-13-25/h1-9,14-15,22,26H,10-13H2,(H,23,24)/b9-6+. The molecule has 0 spiro atoms. The molecular formula is C21H22N4OS. The second kappa shape index (κ2) is 8.24. The number of anilines is 3. The van der Waals surface area contributed by atoms with E-state index in [4.69, 9.17) is 0 Å². The Balaban J connectivity index is 1.42. The Morgan fingerprint density at radius 2 is 1.89 bits per heavy atom. The lowest BCUT2D eigenvalue weighted by Crippen LogP contribution is -2.43. The van der Waals surface area contributed by atoms with Crippen molar-refractivity contribution in [3.8, 4) is 5.75 Å². The lowest BCUT2D eigenvalue weighted by molar-refractivity contribution is 0.475. The predicted octanol–water partition coefficient (Wildman–Crippen LogP) is 4.17. The van der Waals surface area contributed by atoms with Crippen LogP contribution >= 0.6 is 11.3 Å². The van der Waals surface area contributed by atoms with E-state index in [1.54, 1.807) is 23.5 Å². The number of aromatic hydroxyl groups is 1. The van der Waals surface area contributed by atoms with Crippen molar-refractivity contribution in [3.63, 3.8) is 0 Å². The third kappa shape index (κ3) is 4.67. The van der Waals surface area contributed by atoms with Crippen molar-refractivity contribution in [2.75, 3.05) is 36.4 Å². The highest BCUT2D eigenvalue weighted by Crippen LogP contribution is 2.27. The monoisotopic (exact) mass is 378 g/mol. The zero-order valence-electron chi connectivity index (χ0n) is 14.9. The van der Waals surface area contributed by atoms with Crippen LogP contribution in [0.3, 0.4) is 0 Å². The molecular weight excluding hydrogens is 356 g/mol. The molecule has 1 fully saturated rings. The Kier molecular flexibility index (Phi) is 5.37. The van der Waals surface area contributed by atoms with Crippen molar-refractivity contribution in [2.45, 2.75) is 0 Å². The minimum atomic E-state index is 0.277. The van der Waals surface area contributed by atoms with Gasteiger partial charge in [-0.05, 0) is 42.0 Å². The zero-order valence-corrected chi connectivity index (χ0v) is 15.7. The average Bonchev–Trinajstić information content (AvgIpc) is 3.16. The van der Waals surface area contributed by atoms with Crippen LogP contribution in [0.4, 0.5) is 16.5 Å². The van der Waals surface area contributed by atoms with Gasteiger partial charge in [-0.2, -0.15) is 0 Å². The van der Waals surface area contributed by atoms with Crippen molar-refractivity contribution >= 4 is 40.0 Å². The van der Waals surface area contributed by atoms with Gasteiger partial charge in [0.15, 0.2) is 5.13 Å². The fraction of sp³-hybridized carbons (Fsp3) is 0.190. The molecule has 3 aromatic rings. The Bertz CT molecular complexity index is 914. The van der Waals surface area contributed by atoms with Gasteiger partial charge in [-0.15, -0.1) is 0 Å². The van der Waals surface area contributed by atoms with E-state index in [0.29, 0.717) is 0 Å². The molecule has 2 heterocycles. The molecule has 6 heteroatoms. The highest BCUT2D eigenvalue weighted by atomic mass is 32.1. The Morgan fingerprint density at radius 1 is 1.07 bits per heavy atom. The van der Waals surface area contributed by atoms with Crippen molar-refractivity contribution in [1.29, 1.82) is 0 Å². The van der Waals surface area contributed by atoms with E-state index in [9.17, 15) is 5.11 Å². The van der Waals surface area contributed by atoms with Crippen LogP contribution in [0.25, 0.3) is 12.2 Å². The molecule has 1 aliphatic heterocycles. The van der Waals surface area contributed by atoms with E-state index in [1.165, 1.54) is 5.69 Å². The van der Waals surface area contributed by atoms with Crippen molar-refractivity contribution in [3.05, 3.63) is 65.2 Å². The first-order chi connectivity index (χ1) is 13.3. The van der Waals surface area contributed by atoms with E-state index >= 15 is 0 Å². The number of thiazole rings is 1. The molecule has 0 saturated carbocycles. The van der Waals surface area contributed by atoms with Gasteiger partial charge in [-0.3, -0.25) is 0 Å². The fourth-order valence-electron chi connectivity index (χ4n) is 3.01. The number of benzene rings is 2. The number of aromatic nitrogens is 1. The van der Waals surface area contributed by atoms with Gasteiger partial charge in [0.2, 0.25) is 0 Å². The number of nitrogens with one attached hydrogen (secondary N) is 2. The summed E-state index contributed by atoms with van der Waals surface area (Å²) in [6.45, 7) is 4.13. The van der Waals surface area contributed by atoms with Crippen LogP contribution in [0.15, 0.2) is 54.7 Å². The molecule has 0 radical (unpaired) electrons. The van der Waals surface area contributed by atoms with Gasteiger partial charge < -0.3 is 20.6 Å². The zero-order chi connectivity index (χ0) is 18.5. The van der Waals surface area contributed by atoms with Crippen LogP contribution in [-0.4, -0.2) is 36.3 Å². The fourth-order valence-corrected chi connectivity index (χ4v) is 3.75. The first-order valence-electron chi connectivity index (χ1n) is 9.02. The van der Waals surface area contributed by atoms with E-state index < -0.39 is 0 Å². The topological polar surface area (TPSA) is 60.4 Å². The van der Waals surface area contributed by atoms with Gasteiger partial charge in [0.05, 0.1) is 0 Å². The van der Waals surface area contributed by atoms with E-state index in [1.807, 2.05) is 30.5 Å².